The average Bonchev–Trinajstić information content (AvgIpc) is 1.85. The van der Waals surface area contributed by atoms with Crippen molar-refractivity contribution in [1.29, 1.82) is 0 Å². The van der Waals surface area contributed by atoms with Gasteiger partial charge in [0.05, 0.1) is 0 Å². The Morgan fingerprint density at radius 3 is 2.25 bits per heavy atom. The second kappa shape index (κ2) is 9.56. The van der Waals surface area contributed by atoms with Crippen LogP contribution in [0.5, 0.6) is 0 Å². The summed E-state index contributed by atoms with van der Waals surface area (Å²) in [5.74, 6) is 0.0781. The monoisotopic (exact) mass is 182 g/mol. The summed E-state index contributed by atoms with van der Waals surface area (Å²) in [6.07, 6.45) is 4.62. The average molecular weight is 182 g/mol. The first kappa shape index (κ1) is 15.0. The molecule has 2 nitrogen and oxygen atoms in total. The Morgan fingerprint density at radius 2 is 1.83 bits per heavy atom. The van der Waals surface area contributed by atoms with E-state index in [4.69, 9.17) is 5.11 Å². The van der Waals surface area contributed by atoms with E-state index in [1.165, 1.54) is 12.8 Å². The zero-order valence-corrected chi connectivity index (χ0v) is 7.47. The van der Waals surface area contributed by atoms with Gasteiger partial charge in [0.2, 0.25) is 0 Å². The van der Waals surface area contributed by atoms with Crippen LogP contribution >= 0.6 is 0 Å². The summed E-state index contributed by atoms with van der Waals surface area (Å²) in [5.41, 5.74) is 0. The van der Waals surface area contributed by atoms with Gasteiger partial charge in [0.1, 0.15) is 0 Å². The third kappa shape index (κ3) is 13.1. The molecule has 3 heteroatoms. The van der Waals surface area contributed by atoms with Gasteiger partial charge in [-0.05, 0) is 12.3 Å². The fourth-order valence-electron chi connectivity index (χ4n) is 1.01. The first-order valence-electron chi connectivity index (χ1n) is 4.34. The number of aliphatic carboxylic acids is 1. The molecule has 0 unspecified atom stereocenters. The summed E-state index contributed by atoms with van der Waals surface area (Å²) >= 11 is 0. The third-order valence-electron chi connectivity index (χ3n) is 1.67. The van der Waals surface area contributed by atoms with E-state index in [0.717, 1.165) is 18.8 Å². The fraction of sp³-hybridized carbons (Fsp3) is 0.889. The van der Waals surface area contributed by atoms with Crippen molar-refractivity contribution in [2.24, 2.45) is 5.92 Å². The third-order valence-corrected chi connectivity index (χ3v) is 1.67. The quantitative estimate of drug-likeness (QED) is 0.504. The maximum absolute atomic E-state index is 10.1. The molecule has 0 spiro atoms. The molecule has 0 aliphatic carbocycles. The van der Waals surface area contributed by atoms with E-state index < -0.39 is 5.97 Å². The summed E-state index contributed by atoms with van der Waals surface area (Å²) in [6.45, 7) is 4.38. The Labute approximate surface area is 97.0 Å². The molecule has 0 aliphatic rings. The maximum atomic E-state index is 10.1. The van der Waals surface area contributed by atoms with Crippen LogP contribution in [0.1, 0.15) is 46.0 Å². The van der Waals surface area contributed by atoms with Crippen LogP contribution in [0.2, 0.25) is 0 Å². The van der Waals surface area contributed by atoms with Gasteiger partial charge < -0.3 is 5.11 Å². The van der Waals surface area contributed by atoms with Crippen molar-refractivity contribution in [2.45, 2.75) is 46.0 Å². The SMILES string of the molecule is CC(C)CCCCCC(=O)O.[NaH]. The molecule has 0 radical (unpaired) electrons. The van der Waals surface area contributed by atoms with E-state index in [0.29, 0.717) is 6.42 Å². The number of hydrogen-bond acceptors (Lipinski definition) is 1. The summed E-state index contributed by atoms with van der Waals surface area (Å²) in [5, 5.41) is 8.32. The van der Waals surface area contributed by atoms with Crippen LogP contribution < -0.4 is 0 Å². The van der Waals surface area contributed by atoms with Gasteiger partial charge in [-0.3, -0.25) is 4.79 Å². The first-order valence-corrected chi connectivity index (χ1v) is 4.34. The summed E-state index contributed by atoms with van der Waals surface area (Å²) in [6, 6.07) is 0. The van der Waals surface area contributed by atoms with Crippen LogP contribution in [0.15, 0.2) is 0 Å². The van der Waals surface area contributed by atoms with Gasteiger partial charge >= 0.3 is 35.5 Å². The van der Waals surface area contributed by atoms with Crippen LogP contribution in [-0.2, 0) is 4.79 Å². The number of carboxylic acid groups (broad SMARTS) is 1. The van der Waals surface area contributed by atoms with Crippen LogP contribution in [-0.4, -0.2) is 40.6 Å². The molecule has 0 saturated heterocycles. The normalized spacial score (nSPS) is 9.58. The summed E-state index contributed by atoms with van der Waals surface area (Å²) < 4.78 is 0. The molecule has 0 heterocycles. The van der Waals surface area contributed by atoms with Crippen molar-refractivity contribution in [3.05, 3.63) is 0 Å². The molecule has 1 N–H and O–H groups in total. The van der Waals surface area contributed by atoms with Gasteiger partial charge in [0.25, 0.3) is 0 Å². The second-order valence-electron chi connectivity index (χ2n) is 3.39. The zero-order valence-electron chi connectivity index (χ0n) is 7.47. The van der Waals surface area contributed by atoms with E-state index in [1.54, 1.807) is 0 Å². The second-order valence-corrected chi connectivity index (χ2v) is 3.39. The Kier molecular flexibility index (Phi) is 11.9. The summed E-state index contributed by atoms with van der Waals surface area (Å²) in [4.78, 5) is 10.1. The molecule has 0 aliphatic heterocycles. The Bertz CT molecular complexity index is 113. The van der Waals surface area contributed by atoms with Gasteiger partial charge in [-0.15, -0.1) is 0 Å². The van der Waals surface area contributed by atoms with Gasteiger partial charge in [0, 0.05) is 6.42 Å². The summed E-state index contributed by atoms with van der Waals surface area (Å²) in [7, 11) is 0. The van der Waals surface area contributed by atoms with E-state index in [2.05, 4.69) is 13.8 Å². The number of hydrogen-bond donors (Lipinski definition) is 1. The molecule has 0 saturated carbocycles. The van der Waals surface area contributed by atoms with Crippen molar-refractivity contribution in [3.63, 3.8) is 0 Å². The van der Waals surface area contributed by atoms with Gasteiger partial charge in [-0.25, -0.2) is 0 Å². The molecule has 0 aromatic heterocycles. The van der Waals surface area contributed by atoms with Crippen molar-refractivity contribution in [3.8, 4) is 0 Å². The minimum absolute atomic E-state index is 0. The molecule has 0 bridgehead atoms. The molecule has 0 aromatic rings. The van der Waals surface area contributed by atoms with Crippen molar-refractivity contribution >= 4 is 35.5 Å². The number of carboxylic acids is 1. The molecule has 68 valence electrons. The first-order chi connectivity index (χ1) is 5.13. The van der Waals surface area contributed by atoms with E-state index in [9.17, 15) is 4.79 Å². The minimum atomic E-state index is -0.672. The molecular formula is C9H19NaO2. The molecule has 0 amide bonds. The van der Waals surface area contributed by atoms with Crippen molar-refractivity contribution in [1.82, 2.24) is 0 Å². The molecular weight excluding hydrogens is 163 g/mol. The Balaban J connectivity index is 0. The van der Waals surface area contributed by atoms with E-state index in [1.807, 2.05) is 0 Å². The topological polar surface area (TPSA) is 37.3 Å². The molecule has 12 heavy (non-hydrogen) atoms. The molecule has 0 aromatic carbocycles. The Hall–Kier alpha value is 0.470. The number of carbonyl (C=O) groups is 1. The number of unbranched alkanes of at least 4 members (excludes halogenated alkanes) is 2. The standard InChI is InChI=1S/C9H18O2.Na.H/c1-8(2)6-4-3-5-7-9(10)11;;/h8H,3-7H2,1-2H3,(H,10,11);;. The number of rotatable bonds is 6. The van der Waals surface area contributed by atoms with Crippen LogP contribution in [0.25, 0.3) is 0 Å². The fourth-order valence-corrected chi connectivity index (χ4v) is 1.01. The van der Waals surface area contributed by atoms with E-state index in [-0.39, 0.29) is 29.6 Å². The van der Waals surface area contributed by atoms with Crippen LogP contribution in [0.3, 0.4) is 0 Å². The zero-order chi connectivity index (χ0) is 8.69. The van der Waals surface area contributed by atoms with Gasteiger partial charge in [-0.1, -0.05) is 33.1 Å². The van der Waals surface area contributed by atoms with Gasteiger partial charge in [-0.2, -0.15) is 0 Å². The van der Waals surface area contributed by atoms with Gasteiger partial charge in [0.15, 0.2) is 0 Å². The predicted octanol–water partition coefficient (Wildman–Crippen LogP) is 2.03. The molecule has 0 fully saturated rings. The molecule has 0 atom stereocenters. The van der Waals surface area contributed by atoms with Crippen molar-refractivity contribution in [2.75, 3.05) is 0 Å². The van der Waals surface area contributed by atoms with Crippen molar-refractivity contribution < 1.29 is 9.90 Å². The predicted molar refractivity (Wildman–Crippen MR) is 52.7 cm³/mol. The molecule has 0 rings (SSSR count). The Morgan fingerprint density at radius 1 is 1.25 bits per heavy atom. The van der Waals surface area contributed by atoms with Crippen LogP contribution in [0, 0.1) is 5.92 Å². The van der Waals surface area contributed by atoms with Crippen LogP contribution in [0.4, 0.5) is 0 Å². The van der Waals surface area contributed by atoms with E-state index >= 15 is 0 Å².